The molecule has 1 aliphatic heterocycles. The summed E-state index contributed by atoms with van der Waals surface area (Å²) in [6.45, 7) is 10.3. The third kappa shape index (κ3) is 3.81. The molecule has 1 aromatic carbocycles. The zero-order chi connectivity index (χ0) is 13.8. The molecule has 1 saturated carbocycles. The van der Waals surface area contributed by atoms with Crippen LogP contribution >= 0.6 is 0 Å². The van der Waals surface area contributed by atoms with Gasteiger partial charge in [0.2, 0.25) is 0 Å². The summed E-state index contributed by atoms with van der Waals surface area (Å²) in [4.78, 5) is 5.28. The maximum absolute atomic E-state index is 3.40. The summed E-state index contributed by atoms with van der Waals surface area (Å²) >= 11 is 0. The molecule has 3 nitrogen and oxygen atoms in total. The highest BCUT2D eigenvalue weighted by Gasteiger charge is 2.30. The summed E-state index contributed by atoms with van der Waals surface area (Å²) in [5, 5.41) is 3.40. The zero-order valence-electron chi connectivity index (χ0n) is 12.6. The minimum Gasteiger partial charge on any atom is -0.313 e. The van der Waals surface area contributed by atoms with E-state index in [-0.39, 0.29) is 0 Å². The van der Waals surface area contributed by atoms with Gasteiger partial charge < -0.3 is 5.32 Å². The van der Waals surface area contributed by atoms with E-state index in [4.69, 9.17) is 0 Å². The van der Waals surface area contributed by atoms with Crippen molar-refractivity contribution < 1.29 is 0 Å². The van der Waals surface area contributed by atoms with Crippen LogP contribution in [0.25, 0.3) is 0 Å². The average molecular weight is 273 g/mol. The van der Waals surface area contributed by atoms with Crippen molar-refractivity contribution in [3.8, 4) is 0 Å². The summed E-state index contributed by atoms with van der Waals surface area (Å²) in [6.07, 6.45) is 2.87. The third-order valence-corrected chi connectivity index (χ3v) is 4.45. The van der Waals surface area contributed by atoms with Crippen LogP contribution in [0.15, 0.2) is 24.3 Å². The smallest absolute Gasteiger partial charge is 0.0234 e. The molecule has 0 atom stereocenters. The van der Waals surface area contributed by atoms with Crippen molar-refractivity contribution in [2.75, 3.05) is 32.7 Å². The van der Waals surface area contributed by atoms with Crippen LogP contribution in [-0.2, 0) is 13.1 Å². The molecule has 110 valence electrons. The van der Waals surface area contributed by atoms with E-state index in [2.05, 4.69) is 46.3 Å². The maximum atomic E-state index is 3.40. The Bertz CT molecular complexity index is 420. The fourth-order valence-electron chi connectivity index (χ4n) is 3.09. The molecule has 0 radical (unpaired) electrons. The molecule has 0 bridgehead atoms. The molecule has 1 aliphatic carbocycles. The minimum atomic E-state index is 0.931. The number of piperazine rings is 1. The van der Waals surface area contributed by atoms with Crippen molar-refractivity contribution in [2.24, 2.45) is 0 Å². The molecule has 0 amide bonds. The number of hydrogen-bond donors (Lipinski definition) is 1. The number of hydrogen-bond acceptors (Lipinski definition) is 3. The van der Waals surface area contributed by atoms with Crippen molar-refractivity contribution in [3.05, 3.63) is 35.4 Å². The van der Waals surface area contributed by atoms with Crippen molar-refractivity contribution in [3.63, 3.8) is 0 Å². The Hall–Kier alpha value is -0.900. The molecule has 0 unspecified atom stereocenters. The first-order valence-corrected chi connectivity index (χ1v) is 8.10. The van der Waals surface area contributed by atoms with Gasteiger partial charge >= 0.3 is 0 Å². The van der Waals surface area contributed by atoms with Gasteiger partial charge in [-0.05, 0) is 30.5 Å². The molecule has 3 rings (SSSR count). The van der Waals surface area contributed by atoms with Crippen LogP contribution in [-0.4, -0.2) is 48.6 Å². The monoisotopic (exact) mass is 273 g/mol. The van der Waals surface area contributed by atoms with E-state index >= 15 is 0 Å². The largest absolute Gasteiger partial charge is 0.313 e. The summed E-state index contributed by atoms with van der Waals surface area (Å²) in [5.41, 5.74) is 2.86. The topological polar surface area (TPSA) is 18.5 Å². The maximum Gasteiger partial charge on any atom is 0.0234 e. The van der Waals surface area contributed by atoms with E-state index in [9.17, 15) is 0 Å². The molecule has 1 N–H and O–H groups in total. The third-order valence-electron chi connectivity index (χ3n) is 4.45. The molecular weight excluding hydrogens is 246 g/mol. The molecule has 20 heavy (non-hydrogen) atoms. The standard InChI is InChI=1S/C17H27N3/c1-2-18-13-15-4-3-5-16(12-15)14-19-8-10-20(11-9-19)17-6-7-17/h3-5,12,17-18H,2,6-11,13-14H2,1H3. The lowest BCUT2D eigenvalue weighted by molar-refractivity contribution is 0.121. The Morgan fingerprint density at radius 1 is 1.10 bits per heavy atom. The van der Waals surface area contributed by atoms with Gasteiger partial charge in [-0.3, -0.25) is 9.80 Å². The Morgan fingerprint density at radius 3 is 2.55 bits per heavy atom. The Balaban J connectivity index is 1.49. The lowest BCUT2D eigenvalue weighted by Crippen LogP contribution is -2.46. The second kappa shape index (κ2) is 6.70. The lowest BCUT2D eigenvalue weighted by Gasteiger charge is -2.34. The summed E-state index contributed by atoms with van der Waals surface area (Å²) in [5.74, 6) is 0. The van der Waals surface area contributed by atoms with E-state index in [1.807, 2.05) is 0 Å². The first kappa shape index (κ1) is 14.1. The van der Waals surface area contributed by atoms with Gasteiger partial charge in [0.15, 0.2) is 0 Å². The van der Waals surface area contributed by atoms with Gasteiger partial charge in [0, 0.05) is 45.3 Å². The molecule has 3 heteroatoms. The van der Waals surface area contributed by atoms with Crippen LogP contribution in [0.1, 0.15) is 30.9 Å². The van der Waals surface area contributed by atoms with Crippen LogP contribution in [0.5, 0.6) is 0 Å². The second-order valence-electron chi connectivity index (χ2n) is 6.14. The second-order valence-corrected chi connectivity index (χ2v) is 6.14. The number of rotatable bonds is 6. The molecular formula is C17H27N3. The Labute approximate surface area is 123 Å². The average Bonchev–Trinajstić information content (AvgIpc) is 3.31. The van der Waals surface area contributed by atoms with Crippen molar-refractivity contribution in [2.45, 2.75) is 38.9 Å². The molecule has 1 saturated heterocycles. The molecule has 2 aliphatic rings. The first-order valence-electron chi connectivity index (χ1n) is 8.10. The van der Waals surface area contributed by atoms with Crippen molar-refractivity contribution >= 4 is 0 Å². The molecule has 2 fully saturated rings. The molecule has 0 spiro atoms. The van der Waals surface area contributed by atoms with E-state index in [1.54, 1.807) is 0 Å². The number of nitrogens with one attached hydrogen (secondary N) is 1. The van der Waals surface area contributed by atoms with Gasteiger partial charge in [-0.2, -0.15) is 0 Å². The van der Waals surface area contributed by atoms with Crippen LogP contribution in [0, 0.1) is 0 Å². The van der Waals surface area contributed by atoms with Gasteiger partial charge in [-0.25, -0.2) is 0 Å². The van der Waals surface area contributed by atoms with Crippen LogP contribution < -0.4 is 5.32 Å². The summed E-state index contributed by atoms with van der Waals surface area (Å²) in [6, 6.07) is 9.97. The molecule has 1 heterocycles. The van der Waals surface area contributed by atoms with E-state index in [1.165, 1.54) is 50.1 Å². The van der Waals surface area contributed by atoms with Gasteiger partial charge in [-0.15, -0.1) is 0 Å². The number of nitrogens with zero attached hydrogens (tertiary/aromatic N) is 2. The minimum absolute atomic E-state index is 0.931. The van der Waals surface area contributed by atoms with Gasteiger partial charge in [0.1, 0.15) is 0 Å². The Kier molecular flexibility index (Phi) is 4.71. The quantitative estimate of drug-likeness (QED) is 0.856. The van der Waals surface area contributed by atoms with Crippen LogP contribution in [0.4, 0.5) is 0 Å². The van der Waals surface area contributed by atoms with Gasteiger partial charge in [0.05, 0.1) is 0 Å². The van der Waals surface area contributed by atoms with E-state index in [0.717, 1.165) is 25.7 Å². The summed E-state index contributed by atoms with van der Waals surface area (Å²) < 4.78 is 0. The normalized spacial score (nSPS) is 21.2. The fraction of sp³-hybridized carbons (Fsp3) is 0.647. The SMILES string of the molecule is CCNCc1cccc(CN2CCN(C3CC3)CC2)c1. The Morgan fingerprint density at radius 2 is 1.85 bits per heavy atom. The van der Waals surface area contributed by atoms with E-state index in [0.29, 0.717) is 0 Å². The first-order chi connectivity index (χ1) is 9.85. The zero-order valence-corrected chi connectivity index (χ0v) is 12.6. The predicted octanol–water partition coefficient (Wildman–Crippen LogP) is 2.08. The highest BCUT2D eigenvalue weighted by atomic mass is 15.3. The van der Waals surface area contributed by atoms with Gasteiger partial charge in [0.25, 0.3) is 0 Å². The van der Waals surface area contributed by atoms with Crippen LogP contribution in [0.2, 0.25) is 0 Å². The fourth-order valence-corrected chi connectivity index (χ4v) is 3.09. The highest BCUT2D eigenvalue weighted by Crippen LogP contribution is 2.27. The molecule has 1 aromatic rings. The van der Waals surface area contributed by atoms with E-state index < -0.39 is 0 Å². The van der Waals surface area contributed by atoms with Crippen molar-refractivity contribution in [1.82, 2.24) is 15.1 Å². The summed E-state index contributed by atoms with van der Waals surface area (Å²) in [7, 11) is 0. The van der Waals surface area contributed by atoms with Gasteiger partial charge in [-0.1, -0.05) is 31.2 Å². The lowest BCUT2D eigenvalue weighted by atomic mass is 10.1. The number of benzene rings is 1. The van der Waals surface area contributed by atoms with Crippen LogP contribution in [0.3, 0.4) is 0 Å². The molecule has 0 aromatic heterocycles. The van der Waals surface area contributed by atoms with Crippen molar-refractivity contribution in [1.29, 1.82) is 0 Å². The highest BCUT2D eigenvalue weighted by molar-refractivity contribution is 5.23. The predicted molar refractivity (Wildman–Crippen MR) is 83.7 cm³/mol.